The number of carboxylic acids is 1. The minimum Gasteiger partial charge on any atom is -0.478 e. The largest absolute Gasteiger partial charge is 0.478 e. The van der Waals surface area contributed by atoms with E-state index >= 15 is 0 Å². The zero-order valence-corrected chi connectivity index (χ0v) is 9.72. The lowest BCUT2D eigenvalue weighted by atomic mass is 10.1. The van der Waals surface area contributed by atoms with E-state index in [0.717, 1.165) is 6.66 Å². The van der Waals surface area contributed by atoms with Crippen molar-refractivity contribution in [3.05, 3.63) is 41.5 Å². The van der Waals surface area contributed by atoms with Crippen LogP contribution in [0.3, 0.4) is 0 Å². The summed E-state index contributed by atoms with van der Waals surface area (Å²) in [5.41, 5.74) is 0.646. The van der Waals surface area contributed by atoms with E-state index in [-0.39, 0.29) is 11.7 Å². The fourth-order valence-corrected chi connectivity index (χ4v) is 2.10. The molecule has 4 nitrogen and oxygen atoms in total. The second kappa shape index (κ2) is 5.10. The number of hydrogen-bond donors (Lipinski definition) is 2. The molecule has 0 saturated heterocycles. The first-order chi connectivity index (χ1) is 7.38. The molecule has 1 unspecified atom stereocenters. The van der Waals surface area contributed by atoms with Crippen LogP contribution in [-0.2, 0) is 9.36 Å². The van der Waals surface area contributed by atoms with Crippen LogP contribution in [0.2, 0.25) is 0 Å². The lowest BCUT2D eigenvalue weighted by molar-refractivity contribution is -0.132. The van der Waals surface area contributed by atoms with Gasteiger partial charge in [-0.15, -0.1) is 0 Å². The highest BCUT2D eigenvalue weighted by atomic mass is 31.2. The van der Waals surface area contributed by atoms with Gasteiger partial charge in [0.1, 0.15) is 0 Å². The van der Waals surface area contributed by atoms with Gasteiger partial charge >= 0.3 is 5.97 Å². The molecule has 1 aromatic rings. The molecule has 0 spiro atoms. The summed E-state index contributed by atoms with van der Waals surface area (Å²) in [7, 11) is -3.36. The lowest BCUT2D eigenvalue weighted by Gasteiger charge is -2.06. The maximum atomic E-state index is 11.2. The first kappa shape index (κ1) is 12.7. The van der Waals surface area contributed by atoms with Crippen LogP contribution in [0.4, 0.5) is 0 Å². The summed E-state index contributed by atoms with van der Waals surface area (Å²) in [6.45, 7) is 1.15. The van der Waals surface area contributed by atoms with Gasteiger partial charge in [-0.05, 0) is 11.6 Å². The molecule has 0 radical (unpaired) electrons. The molecule has 1 aromatic carbocycles. The van der Waals surface area contributed by atoms with E-state index in [4.69, 9.17) is 10.00 Å². The monoisotopic (exact) mass is 240 g/mol. The molecule has 1 atom stereocenters. The number of hydrogen-bond acceptors (Lipinski definition) is 2. The van der Waals surface area contributed by atoms with Gasteiger partial charge in [-0.1, -0.05) is 30.3 Å². The van der Waals surface area contributed by atoms with E-state index in [0.29, 0.717) is 5.56 Å². The third kappa shape index (κ3) is 4.43. The van der Waals surface area contributed by atoms with Gasteiger partial charge in [0.05, 0.1) is 6.16 Å². The topological polar surface area (TPSA) is 74.6 Å². The molecule has 2 N–H and O–H groups in total. The number of aliphatic carboxylic acids is 1. The second-order valence-electron chi connectivity index (χ2n) is 3.59. The van der Waals surface area contributed by atoms with Gasteiger partial charge in [-0.2, -0.15) is 0 Å². The maximum Gasteiger partial charge on any atom is 0.332 e. The Labute approximate surface area is 93.7 Å². The first-order valence-corrected chi connectivity index (χ1v) is 6.96. The Kier molecular flexibility index (Phi) is 4.05. The quantitative estimate of drug-likeness (QED) is 0.624. The SMILES string of the molecule is CP(=O)(O)C/C(=C\c1ccccc1)C(=O)O. The Hall–Kier alpha value is -1.38. The van der Waals surface area contributed by atoms with Gasteiger partial charge in [-0.3, -0.25) is 4.57 Å². The molecule has 0 amide bonds. The summed E-state index contributed by atoms with van der Waals surface area (Å²) < 4.78 is 11.2. The fourth-order valence-electron chi connectivity index (χ4n) is 1.24. The Balaban J connectivity index is 3.00. The standard InChI is InChI=1S/C11H13O4P/c1-16(14,15)8-10(11(12)13)7-9-5-3-2-4-6-9/h2-7H,8H2,1H3,(H,12,13)(H,14,15)/b10-7+. The fraction of sp³-hybridized carbons (Fsp3) is 0.182. The van der Waals surface area contributed by atoms with Gasteiger partial charge in [0.25, 0.3) is 0 Å². The first-order valence-electron chi connectivity index (χ1n) is 4.67. The van der Waals surface area contributed by atoms with E-state index in [1.165, 1.54) is 6.08 Å². The summed E-state index contributed by atoms with van der Waals surface area (Å²) in [5.74, 6) is -1.17. The van der Waals surface area contributed by atoms with Crippen LogP contribution < -0.4 is 0 Å². The normalized spacial score (nSPS) is 15.5. The molecule has 0 aromatic heterocycles. The van der Waals surface area contributed by atoms with E-state index in [9.17, 15) is 9.36 Å². The third-order valence-electron chi connectivity index (χ3n) is 1.88. The Morgan fingerprint density at radius 3 is 2.38 bits per heavy atom. The predicted molar refractivity (Wildman–Crippen MR) is 62.7 cm³/mol. The molecule has 5 heteroatoms. The van der Waals surface area contributed by atoms with Crippen LogP contribution >= 0.6 is 7.37 Å². The van der Waals surface area contributed by atoms with Crippen molar-refractivity contribution in [1.82, 2.24) is 0 Å². The maximum absolute atomic E-state index is 11.2. The van der Waals surface area contributed by atoms with Crippen molar-refractivity contribution >= 4 is 19.4 Å². The molecule has 16 heavy (non-hydrogen) atoms. The number of rotatable bonds is 4. The highest BCUT2D eigenvalue weighted by Gasteiger charge is 2.18. The molecule has 0 heterocycles. The molecule has 0 saturated carbocycles. The van der Waals surface area contributed by atoms with Crippen LogP contribution in [0, 0.1) is 0 Å². The summed E-state index contributed by atoms with van der Waals surface area (Å²) in [5, 5.41) is 8.90. The highest BCUT2D eigenvalue weighted by Crippen LogP contribution is 2.37. The van der Waals surface area contributed by atoms with Gasteiger partial charge in [0.2, 0.25) is 7.37 Å². The van der Waals surface area contributed by atoms with E-state index in [1.54, 1.807) is 24.3 Å². The van der Waals surface area contributed by atoms with E-state index < -0.39 is 13.3 Å². The Morgan fingerprint density at radius 1 is 1.38 bits per heavy atom. The smallest absolute Gasteiger partial charge is 0.332 e. The minimum absolute atomic E-state index is 0.0560. The molecular weight excluding hydrogens is 227 g/mol. The van der Waals surface area contributed by atoms with Crippen molar-refractivity contribution in [2.75, 3.05) is 12.8 Å². The molecule has 0 aliphatic carbocycles. The molecule has 1 rings (SSSR count). The van der Waals surface area contributed by atoms with Crippen molar-refractivity contribution in [3.63, 3.8) is 0 Å². The molecule has 0 aliphatic rings. The van der Waals surface area contributed by atoms with Crippen molar-refractivity contribution < 1.29 is 19.4 Å². The van der Waals surface area contributed by atoms with Gasteiger partial charge in [0, 0.05) is 12.2 Å². The lowest BCUT2D eigenvalue weighted by Crippen LogP contribution is -2.05. The van der Waals surface area contributed by atoms with Gasteiger partial charge in [0.15, 0.2) is 0 Å². The van der Waals surface area contributed by atoms with Crippen molar-refractivity contribution in [2.45, 2.75) is 0 Å². The summed E-state index contributed by atoms with van der Waals surface area (Å²) in [6, 6.07) is 8.84. The summed E-state index contributed by atoms with van der Waals surface area (Å²) >= 11 is 0. The van der Waals surface area contributed by atoms with Crippen molar-refractivity contribution in [1.29, 1.82) is 0 Å². The van der Waals surface area contributed by atoms with Crippen molar-refractivity contribution in [3.8, 4) is 0 Å². The molecule has 0 aliphatic heterocycles. The molecule has 0 fully saturated rings. The van der Waals surface area contributed by atoms with Crippen LogP contribution in [0.5, 0.6) is 0 Å². The third-order valence-corrected chi connectivity index (χ3v) is 2.81. The predicted octanol–water partition coefficient (Wildman–Crippen LogP) is 2.05. The van der Waals surface area contributed by atoms with Crippen LogP contribution in [-0.4, -0.2) is 28.8 Å². The molecule has 86 valence electrons. The number of benzene rings is 1. The summed E-state index contributed by atoms with van der Waals surface area (Å²) in [4.78, 5) is 20.0. The second-order valence-corrected chi connectivity index (χ2v) is 6.01. The summed E-state index contributed by atoms with van der Waals surface area (Å²) in [6.07, 6.45) is 1.09. The van der Waals surface area contributed by atoms with E-state index in [2.05, 4.69) is 0 Å². The van der Waals surface area contributed by atoms with Gasteiger partial charge < -0.3 is 10.00 Å². The van der Waals surface area contributed by atoms with Crippen LogP contribution in [0.25, 0.3) is 6.08 Å². The zero-order valence-electron chi connectivity index (χ0n) is 8.83. The van der Waals surface area contributed by atoms with Crippen LogP contribution in [0.15, 0.2) is 35.9 Å². The average molecular weight is 240 g/mol. The average Bonchev–Trinajstić information content (AvgIpc) is 2.16. The number of carboxylic acid groups (broad SMARTS) is 1. The molecule has 0 bridgehead atoms. The molecular formula is C11H13O4P. The minimum atomic E-state index is -3.36. The number of carbonyl (C=O) groups is 1. The van der Waals surface area contributed by atoms with Crippen LogP contribution in [0.1, 0.15) is 5.56 Å². The van der Waals surface area contributed by atoms with Gasteiger partial charge in [-0.25, -0.2) is 4.79 Å². The van der Waals surface area contributed by atoms with Crippen molar-refractivity contribution in [2.24, 2.45) is 0 Å². The van der Waals surface area contributed by atoms with E-state index in [1.807, 2.05) is 6.07 Å². The Morgan fingerprint density at radius 2 is 1.94 bits per heavy atom. The zero-order chi connectivity index (χ0) is 12.2. The Bertz CT molecular complexity index is 444. The highest BCUT2D eigenvalue weighted by molar-refractivity contribution is 7.57.